The number of carbonyl (C=O) groups is 1. The molecule has 7 nitrogen and oxygen atoms in total. The highest BCUT2D eigenvalue weighted by atomic mass is 35.5. The molecular weight excluding hydrogens is 472 g/mol. The first-order chi connectivity index (χ1) is 15.0. The van der Waals surface area contributed by atoms with Crippen molar-refractivity contribution in [2.75, 3.05) is 7.11 Å². The summed E-state index contributed by atoms with van der Waals surface area (Å²) in [6, 6.07) is 11.6. The van der Waals surface area contributed by atoms with Gasteiger partial charge >= 0.3 is 5.97 Å². The lowest BCUT2D eigenvalue weighted by Crippen LogP contribution is -2.36. The van der Waals surface area contributed by atoms with Crippen molar-refractivity contribution in [1.29, 1.82) is 0 Å². The summed E-state index contributed by atoms with van der Waals surface area (Å²) in [5.41, 5.74) is 0.180. The lowest BCUT2D eigenvalue weighted by Gasteiger charge is -2.22. The van der Waals surface area contributed by atoms with E-state index in [1.807, 2.05) is 6.92 Å². The number of aryl methyl sites for hydroxylation is 1. The number of esters is 1. The molecule has 10 heteroatoms. The summed E-state index contributed by atoms with van der Waals surface area (Å²) in [4.78, 5) is 16.5. The maximum atomic E-state index is 13.7. The number of halogens is 1. The van der Waals surface area contributed by atoms with E-state index in [1.165, 1.54) is 22.4 Å². The smallest absolute Gasteiger partial charge is 0.337 e. The average molecular weight is 493 g/mol. The molecule has 0 saturated carbocycles. The van der Waals surface area contributed by atoms with Crippen molar-refractivity contribution in [2.24, 2.45) is 0 Å². The molecule has 0 bridgehead atoms. The Morgan fingerprint density at radius 2 is 1.94 bits per heavy atom. The van der Waals surface area contributed by atoms with Crippen LogP contribution in [0.15, 0.2) is 47.4 Å². The summed E-state index contributed by atoms with van der Waals surface area (Å²) in [5, 5.41) is 1.98. The van der Waals surface area contributed by atoms with Crippen molar-refractivity contribution in [3.8, 4) is 0 Å². The topological polar surface area (TPSA) is 87.5 Å². The Hall–Kier alpha value is -2.46. The Labute approximate surface area is 194 Å². The SMILES string of the molecule is COC(=O)C(C)(C)OCc1cc2cc(Cl)ccc2n1S(=O)(=O)c1ccc2sc(C)nc2c1. The number of hydrogen-bond donors (Lipinski definition) is 0. The van der Waals surface area contributed by atoms with Crippen LogP contribution in [0.3, 0.4) is 0 Å². The molecule has 0 aliphatic heterocycles. The van der Waals surface area contributed by atoms with Crippen LogP contribution >= 0.6 is 22.9 Å². The maximum absolute atomic E-state index is 13.7. The number of rotatable bonds is 6. The fraction of sp³-hybridized carbons (Fsp3) is 0.273. The third kappa shape index (κ3) is 4.01. The van der Waals surface area contributed by atoms with Crippen molar-refractivity contribution in [2.45, 2.75) is 37.9 Å². The molecule has 0 fully saturated rings. The zero-order chi connectivity index (χ0) is 23.3. The first-order valence-corrected chi connectivity index (χ1v) is 12.3. The van der Waals surface area contributed by atoms with Gasteiger partial charge in [-0.25, -0.2) is 22.2 Å². The molecule has 2 aromatic heterocycles. The Balaban J connectivity index is 1.85. The van der Waals surface area contributed by atoms with Gasteiger partial charge in [-0.05, 0) is 63.2 Å². The highest BCUT2D eigenvalue weighted by Crippen LogP contribution is 2.31. The molecule has 4 rings (SSSR count). The normalized spacial score (nSPS) is 12.5. The molecule has 2 heterocycles. The standard InChI is InChI=1S/C22H21ClN2O5S2/c1-13-24-18-11-17(6-8-20(18)31-13)32(27,28)25-16(12-30-22(2,3)21(26)29-4)10-14-9-15(23)5-7-19(14)25/h5-11H,12H2,1-4H3. The Kier molecular flexibility index (Phi) is 5.79. The van der Waals surface area contributed by atoms with E-state index in [1.54, 1.807) is 56.3 Å². The number of methoxy groups -OCH3 is 1. The summed E-state index contributed by atoms with van der Waals surface area (Å²) in [7, 11) is -2.73. The van der Waals surface area contributed by atoms with Crippen LogP contribution in [0.25, 0.3) is 21.1 Å². The molecule has 0 N–H and O–H groups in total. The number of aromatic nitrogens is 2. The number of nitrogens with zero attached hydrogens (tertiary/aromatic N) is 2. The molecule has 0 atom stereocenters. The highest BCUT2D eigenvalue weighted by molar-refractivity contribution is 7.90. The number of fused-ring (bicyclic) bond motifs is 2. The minimum atomic E-state index is -4.00. The van der Waals surface area contributed by atoms with Gasteiger partial charge in [0.2, 0.25) is 0 Å². The van der Waals surface area contributed by atoms with E-state index in [0.29, 0.717) is 27.1 Å². The molecule has 2 aromatic carbocycles. The lowest BCUT2D eigenvalue weighted by atomic mass is 10.1. The Morgan fingerprint density at radius 1 is 1.19 bits per heavy atom. The number of ether oxygens (including phenoxy) is 2. The molecule has 0 amide bonds. The average Bonchev–Trinajstić information content (AvgIpc) is 3.29. The molecule has 0 aliphatic rings. The van der Waals surface area contributed by atoms with Gasteiger partial charge in [0.15, 0.2) is 5.60 Å². The van der Waals surface area contributed by atoms with E-state index in [4.69, 9.17) is 21.1 Å². The van der Waals surface area contributed by atoms with Gasteiger partial charge in [-0.3, -0.25) is 0 Å². The van der Waals surface area contributed by atoms with Gasteiger partial charge in [-0.15, -0.1) is 11.3 Å². The largest absolute Gasteiger partial charge is 0.467 e. The van der Waals surface area contributed by atoms with Gasteiger partial charge in [0.1, 0.15) is 0 Å². The Bertz CT molecular complexity index is 1450. The van der Waals surface area contributed by atoms with Gasteiger partial charge in [-0.2, -0.15) is 0 Å². The van der Waals surface area contributed by atoms with Crippen LogP contribution in [0.2, 0.25) is 5.02 Å². The van der Waals surface area contributed by atoms with Crippen LogP contribution in [-0.2, 0) is 30.9 Å². The van der Waals surface area contributed by atoms with Crippen LogP contribution in [0.5, 0.6) is 0 Å². The summed E-state index contributed by atoms with van der Waals surface area (Å²) in [6.07, 6.45) is 0. The molecule has 0 aliphatic carbocycles. The van der Waals surface area contributed by atoms with E-state index < -0.39 is 21.6 Å². The quantitative estimate of drug-likeness (QED) is 0.355. The fourth-order valence-electron chi connectivity index (χ4n) is 3.45. The molecule has 168 valence electrons. The number of hydrogen-bond acceptors (Lipinski definition) is 7. The lowest BCUT2D eigenvalue weighted by molar-refractivity contribution is -0.166. The van der Waals surface area contributed by atoms with Crippen LogP contribution in [0.1, 0.15) is 24.5 Å². The second kappa shape index (κ2) is 8.15. The highest BCUT2D eigenvalue weighted by Gasteiger charge is 2.31. The van der Waals surface area contributed by atoms with Gasteiger partial charge in [0, 0.05) is 10.4 Å². The predicted molar refractivity (Wildman–Crippen MR) is 125 cm³/mol. The second-order valence-corrected chi connectivity index (χ2v) is 11.2. The van der Waals surface area contributed by atoms with Crippen LogP contribution < -0.4 is 0 Å². The summed E-state index contributed by atoms with van der Waals surface area (Å²) < 4.78 is 40.2. The molecule has 0 unspecified atom stereocenters. The third-order valence-corrected chi connectivity index (χ3v) is 8.00. The molecule has 4 aromatic rings. The van der Waals surface area contributed by atoms with Gasteiger partial charge in [-0.1, -0.05) is 11.6 Å². The van der Waals surface area contributed by atoms with E-state index in [0.717, 1.165) is 9.71 Å². The fourth-order valence-corrected chi connectivity index (χ4v) is 5.99. The molecular formula is C22H21ClN2O5S2. The van der Waals surface area contributed by atoms with Crippen LogP contribution in [-0.4, -0.2) is 36.1 Å². The van der Waals surface area contributed by atoms with Gasteiger partial charge in [0.05, 0.1) is 45.0 Å². The summed E-state index contributed by atoms with van der Waals surface area (Å²) in [5.74, 6) is -0.560. The van der Waals surface area contributed by atoms with E-state index in [-0.39, 0.29) is 11.5 Å². The molecule has 0 radical (unpaired) electrons. The minimum Gasteiger partial charge on any atom is -0.467 e. The first-order valence-electron chi connectivity index (χ1n) is 9.68. The first kappa shape index (κ1) is 22.7. The maximum Gasteiger partial charge on any atom is 0.337 e. The van der Waals surface area contributed by atoms with Crippen LogP contribution in [0, 0.1) is 6.92 Å². The molecule has 32 heavy (non-hydrogen) atoms. The summed E-state index contributed by atoms with van der Waals surface area (Å²) in [6.45, 7) is 4.87. The Morgan fingerprint density at radius 3 is 2.66 bits per heavy atom. The zero-order valence-corrected chi connectivity index (χ0v) is 20.3. The second-order valence-electron chi connectivity index (χ2n) is 7.76. The minimum absolute atomic E-state index is 0.108. The van der Waals surface area contributed by atoms with Gasteiger partial charge in [0.25, 0.3) is 10.0 Å². The van der Waals surface area contributed by atoms with Crippen molar-refractivity contribution in [3.05, 3.63) is 58.2 Å². The number of carbonyl (C=O) groups excluding carboxylic acids is 1. The van der Waals surface area contributed by atoms with E-state index in [2.05, 4.69) is 4.98 Å². The zero-order valence-electron chi connectivity index (χ0n) is 17.9. The monoisotopic (exact) mass is 492 g/mol. The van der Waals surface area contributed by atoms with Crippen molar-refractivity contribution >= 4 is 60.0 Å². The predicted octanol–water partition coefficient (Wildman–Crippen LogP) is 4.92. The van der Waals surface area contributed by atoms with E-state index in [9.17, 15) is 13.2 Å². The van der Waals surface area contributed by atoms with Crippen molar-refractivity contribution in [1.82, 2.24) is 8.96 Å². The third-order valence-electron chi connectivity index (χ3n) is 5.05. The number of benzene rings is 2. The number of thiazole rings is 1. The summed E-state index contributed by atoms with van der Waals surface area (Å²) >= 11 is 7.63. The molecule has 0 saturated heterocycles. The van der Waals surface area contributed by atoms with Crippen molar-refractivity contribution in [3.63, 3.8) is 0 Å². The van der Waals surface area contributed by atoms with Crippen molar-refractivity contribution < 1.29 is 22.7 Å². The molecule has 0 spiro atoms. The van der Waals surface area contributed by atoms with Gasteiger partial charge < -0.3 is 9.47 Å². The van der Waals surface area contributed by atoms with E-state index >= 15 is 0 Å². The van der Waals surface area contributed by atoms with Crippen LogP contribution in [0.4, 0.5) is 0 Å².